The first-order chi connectivity index (χ1) is 13.5. The van der Waals surface area contributed by atoms with Crippen LogP contribution in [0.2, 0.25) is 0 Å². The molecule has 5 nitrogen and oxygen atoms in total. The van der Waals surface area contributed by atoms with Crippen molar-refractivity contribution in [3.8, 4) is 0 Å². The van der Waals surface area contributed by atoms with Crippen LogP contribution in [0.1, 0.15) is 44.1 Å². The van der Waals surface area contributed by atoms with E-state index in [-0.39, 0.29) is 24.2 Å². The van der Waals surface area contributed by atoms with Crippen molar-refractivity contribution in [2.75, 3.05) is 39.8 Å². The highest BCUT2D eigenvalue weighted by atomic mass is 19.1. The Balaban J connectivity index is 1.37. The van der Waals surface area contributed by atoms with Gasteiger partial charge in [-0.3, -0.25) is 14.5 Å². The average molecular weight is 390 g/mol. The fourth-order valence-corrected chi connectivity index (χ4v) is 4.22. The van der Waals surface area contributed by atoms with Crippen LogP contribution in [0.5, 0.6) is 0 Å². The maximum Gasteiger partial charge on any atom is 0.236 e. The van der Waals surface area contributed by atoms with Crippen molar-refractivity contribution < 1.29 is 14.0 Å². The Bertz CT molecular complexity index is 668. The molecule has 0 spiro atoms. The van der Waals surface area contributed by atoms with Gasteiger partial charge in [-0.05, 0) is 18.4 Å². The van der Waals surface area contributed by atoms with Gasteiger partial charge in [0.2, 0.25) is 11.8 Å². The zero-order chi connectivity index (χ0) is 19.9. The van der Waals surface area contributed by atoms with Crippen molar-refractivity contribution in [2.24, 2.45) is 5.92 Å². The monoisotopic (exact) mass is 389 g/mol. The van der Waals surface area contributed by atoms with E-state index in [1.807, 2.05) is 4.90 Å². The van der Waals surface area contributed by atoms with E-state index < -0.39 is 0 Å². The summed E-state index contributed by atoms with van der Waals surface area (Å²) >= 11 is 0. The number of halogens is 1. The van der Waals surface area contributed by atoms with Gasteiger partial charge in [-0.25, -0.2) is 4.39 Å². The van der Waals surface area contributed by atoms with Crippen LogP contribution in [0.25, 0.3) is 0 Å². The highest BCUT2D eigenvalue weighted by molar-refractivity contribution is 5.78. The molecule has 2 fully saturated rings. The Morgan fingerprint density at radius 2 is 1.79 bits per heavy atom. The molecule has 0 bridgehead atoms. The molecular weight excluding hydrogens is 357 g/mol. The third-order valence-corrected chi connectivity index (χ3v) is 6.12. The van der Waals surface area contributed by atoms with Gasteiger partial charge in [0, 0.05) is 51.8 Å². The molecule has 2 amide bonds. The van der Waals surface area contributed by atoms with Crippen LogP contribution in [-0.2, 0) is 16.1 Å². The predicted octanol–water partition coefficient (Wildman–Crippen LogP) is 2.90. The predicted molar refractivity (Wildman–Crippen MR) is 107 cm³/mol. The molecule has 0 atom stereocenters. The maximum atomic E-state index is 13.8. The number of amides is 2. The van der Waals surface area contributed by atoms with Gasteiger partial charge in [0.1, 0.15) is 5.82 Å². The van der Waals surface area contributed by atoms with Crippen LogP contribution in [0.3, 0.4) is 0 Å². The van der Waals surface area contributed by atoms with Gasteiger partial charge in [-0.15, -0.1) is 0 Å². The summed E-state index contributed by atoms with van der Waals surface area (Å²) in [4.78, 5) is 30.5. The van der Waals surface area contributed by atoms with Crippen LogP contribution in [-0.4, -0.2) is 66.3 Å². The second-order valence-electron chi connectivity index (χ2n) is 8.19. The van der Waals surface area contributed by atoms with Gasteiger partial charge in [-0.2, -0.15) is 0 Å². The lowest BCUT2D eigenvalue weighted by Gasteiger charge is -2.35. The largest absolute Gasteiger partial charge is 0.340 e. The van der Waals surface area contributed by atoms with Gasteiger partial charge in [-0.1, -0.05) is 43.9 Å². The number of carbonyl (C=O) groups is 2. The molecule has 154 valence electrons. The minimum Gasteiger partial charge on any atom is -0.340 e. The summed E-state index contributed by atoms with van der Waals surface area (Å²) in [5.41, 5.74) is 0.524. The summed E-state index contributed by atoms with van der Waals surface area (Å²) in [7, 11) is 1.71. The minimum atomic E-state index is -0.285. The molecule has 0 N–H and O–H groups in total. The van der Waals surface area contributed by atoms with Crippen molar-refractivity contribution in [3.05, 3.63) is 35.6 Å². The second-order valence-corrected chi connectivity index (χ2v) is 8.19. The first-order valence-electron chi connectivity index (χ1n) is 10.5. The Morgan fingerprint density at radius 1 is 1.11 bits per heavy atom. The average Bonchev–Trinajstić information content (AvgIpc) is 3.22. The molecule has 1 heterocycles. The van der Waals surface area contributed by atoms with Gasteiger partial charge in [0.15, 0.2) is 0 Å². The Kier molecular flexibility index (Phi) is 7.43. The van der Waals surface area contributed by atoms with Crippen LogP contribution >= 0.6 is 0 Å². The van der Waals surface area contributed by atoms with Crippen LogP contribution in [0.4, 0.5) is 4.39 Å². The summed E-state index contributed by atoms with van der Waals surface area (Å²) < 4.78 is 13.8. The molecule has 0 radical (unpaired) electrons. The summed E-state index contributed by atoms with van der Waals surface area (Å²) in [5.74, 6) is 0.693. The Hall–Kier alpha value is -1.95. The number of hydrogen-bond acceptors (Lipinski definition) is 3. The van der Waals surface area contributed by atoms with Gasteiger partial charge in [0.25, 0.3) is 0 Å². The van der Waals surface area contributed by atoms with E-state index in [9.17, 15) is 14.0 Å². The lowest BCUT2D eigenvalue weighted by Crippen LogP contribution is -2.51. The highest BCUT2D eigenvalue weighted by Gasteiger charge is 2.24. The number of carbonyl (C=O) groups excluding carboxylic acids is 2. The SMILES string of the molecule is CN(Cc1ccccc1F)C(=O)CN1CCN(C(=O)CCC2CCCC2)CC1. The van der Waals surface area contributed by atoms with Crippen molar-refractivity contribution >= 4 is 11.8 Å². The Labute approximate surface area is 167 Å². The number of likely N-dealkylation sites (N-methyl/N-ethyl adjacent to an activating group) is 1. The molecule has 1 saturated carbocycles. The lowest BCUT2D eigenvalue weighted by atomic mass is 10.0. The molecular formula is C22H32FN3O2. The summed E-state index contributed by atoms with van der Waals surface area (Å²) in [6, 6.07) is 6.54. The molecule has 0 unspecified atom stereocenters. The lowest BCUT2D eigenvalue weighted by molar-refractivity contribution is -0.135. The van der Waals surface area contributed by atoms with Crippen molar-refractivity contribution in [1.29, 1.82) is 0 Å². The summed E-state index contributed by atoms with van der Waals surface area (Å²) in [6.45, 7) is 3.39. The molecule has 1 aromatic rings. The molecule has 1 aliphatic carbocycles. The third-order valence-electron chi connectivity index (χ3n) is 6.12. The topological polar surface area (TPSA) is 43.9 Å². The zero-order valence-electron chi connectivity index (χ0n) is 16.9. The highest BCUT2D eigenvalue weighted by Crippen LogP contribution is 2.28. The van der Waals surface area contributed by atoms with E-state index >= 15 is 0 Å². The summed E-state index contributed by atoms with van der Waals surface area (Å²) in [6.07, 6.45) is 6.88. The number of nitrogens with zero attached hydrogens (tertiary/aromatic N) is 3. The van der Waals surface area contributed by atoms with E-state index in [0.29, 0.717) is 44.7 Å². The second kappa shape index (κ2) is 10.0. The van der Waals surface area contributed by atoms with E-state index in [1.165, 1.54) is 31.7 Å². The molecule has 2 aliphatic rings. The summed E-state index contributed by atoms with van der Waals surface area (Å²) in [5, 5.41) is 0. The number of piperazine rings is 1. The van der Waals surface area contributed by atoms with Crippen LogP contribution in [0, 0.1) is 11.7 Å². The van der Waals surface area contributed by atoms with E-state index in [2.05, 4.69) is 4.90 Å². The quantitative estimate of drug-likeness (QED) is 0.720. The smallest absolute Gasteiger partial charge is 0.236 e. The number of rotatable bonds is 7. The van der Waals surface area contributed by atoms with E-state index in [1.54, 1.807) is 30.1 Å². The standard InChI is InChI=1S/C22H32FN3O2/c1-24(16-19-8-4-5-9-20(19)23)22(28)17-25-12-14-26(15-13-25)21(27)11-10-18-6-2-3-7-18/h4-5,8-9,18H,2-3,6-7,10-17H2,1H3. The van der Waals surface area contributed by atoms with Crippen molar-refractivity contribution in [1.82, 2.24) is 14.7 Å². The van der Waals surface area contributed by atoms with Gasteiger partial charge >= 0.3 is 0 Å². The first kappa shape index (κ1) is 20.8. The molecule has 6 heteroatoms. The molecule has 3 rings (SSSR count). The van der Waals surface area contributed by atoms with Crippen molar-refractivity contribution in [3.63, 3.8) is 0 Å². The fourth-order valence-electron chi connectivity index (χ4n) is 4.22. The van der Waals surface area contributed by atoms with Crippen LogP contribution < -0.4 is 0 Å². The molecule has 0 aromatic heterocycles. The van der Waals surface area contributed by atoms with E-state index in [0.717, 1.165) is 12.3 Å². The molecule has 28 heavy (non-hydrogen) atoms. The van der Waals surface area contributed by atoms with E-state index in [4.69, 9.17) is 0 Å². The van der Waals surface area contributed by atoms with Gasteiger partial charge < -0.3 is 9.80 Å². The number of benzene rings is 1. The third kappa shape index (κ3) is 5.77. The fraction of sp³-hybridized carbons (Fsp3) is 0.636. The minimum absolute atomic E-state index is 0.0238. The molecule has 1 saturated heterocycles. The van der Waals surface area contributed by atoms with Crippen LogP contribution in [0.15, 0.2) is 24.3 Å². The van der Waals surface area contributed by atoms with Crippen molar-refractivity contribution in [2.45, 2.75) is 45.1 Å². The zero-order valence-corrected chi connectivity index (χ0v) is 16.9. The first-order valence-corrected chi connectivity index (χ1v) is 10.5. The molecule has 1 aliphatic heterocycles. The normalized spacial score (nSPS) is 18.4. The number of hydrogen-bond donors (Lipinski definition) is 0. The van der Waals surface area contributed by atoms with Gasteiger partial charge in [0.05, 0.1) is 6.54 Å². The Morgan fingerprint density at radius 3 is 2.46 bits per heavy atom. The molecule has 1 aromatic carbocycles. The maximum absolute atomic E-state index is 13.8.